The molecule has 4 aromatic rings. The van der Waals surface area contributed by atoms with E-state index in [-0.39, 0.29) is 16.1 Å². The third kappa shape index (κ3) is 4.11. The van der Waals surface area contributed by atoms with Gasteiger partial charge in [-0.1, -0.05) is 29.3 Å². The number of halogens is 4. The first kappa shape index (κ1) is 21.6. The highest BCUT2D eigenvalue weighted by Crippen LogP contribution is 2.36. The van der Waals surface area contributed by atoms with Crippen molar-refractivity contribution in [2.24, 2.45) is 0 Å². The highest BCUT2D eigenvalue weighted by molar-refractivity contribution is 6.30. The van der Waals surface area contributed by atoms with Crippen LogP contribution < -0.4 is 10.9 Å². The topological polar surface area (TPSA) is 68.9 Å². The van der Waals surface area contributed by atoms with Crippen molar-refractivity contribution in [2.75, 3.05) is 5.32 Å². The zero-order chi connectivity index (χ0) is 23.0. The summed E-state index contributed by atoms with van der Waals surface area (Å²) in [6.45, 7) is 1.45. The third-order valence-corrected chi connectivity index (χ3v) is 5.06. The van der Waals surface area contributed by atoms with Crippen LogP contribution in [0, 0.1) is 6.92 Å². The molecule has 0 unspecified atom stereocenters. The number of nitrogens with one attached hydrogen (secondary N) is 1. The molecule has 164 valence electrons. The highest BCUT2D eigenvalue weighted by Gasteiger charge is 2.34. The summed E-state index contributed by atoms with van der Waals surface area (Å²) in [5.74, 6) is -0.763. The second kappa shape index (κ2) is 8.16. The number of rotatable bonds is 4. The number of alkyl halides is 3. The Morgan fingerprint density at radius 1 is 1.12 bits per heavy atom. The van der Waals surface area contributed by atoms with Crippen LogP contribution in [-0.2, 0) is 17.5 Å². The predicted octanol–water partition coefficient (Wildman–Crippen LogP) is 4.81. The Labute approximate surface area is 184 Å². The summed E-state index contributed by atoms with van der Waals surface area (Å²) in [6.07, 6.45) is -3.24. The first-order valence-corrected chi connectivity index (χ1v) is 9.83. The van der Waals surface area contributed by atoms with E-state index in [0.29, 0.717) is 5.69 Å². The number of fused-ring (bicyclic) bond motifs is 1. The van der Waals surface area contributed by atoms with E-state index >= 15 is 0 Å². The lowest BCUT2D eigenvalue weighted by atomic mass is 10.1. The fourth-order valence-electron chi connectivity index (χ4n) is 3.36. The van der Waals surface area contributed by atoms with Gasteiger partial charge in [0.25, 0.3) is 5.56 Å². The molecule has 4 rings (SSSR count). The van der Waals surface area contributed by atoms with E-state index in [9.17, 15) is 22.8 Å². The van der Waals surface area contributed by atoms with E-state index in [4.69, 9.17) is 11.6 Å². The molecule has 1 amide bonds. The molecule has 2 aromatic heterocycles. The lowest BCUT2D eigenvalue weighted by Gasteiger charge is -2.16. The summed E-state index contributed by atoms with van der Waals surface area (Å²) in [4.78, 5) is 30.0. The zero-order valence-electron chi connectivity index (χ0n) is 16.7. The number of aryl methyl sites for hydroxylation is 1. The molecule has 0 fully saturated rings. The number of carbonyl (C=O) groups excluding carboxylic acids is 1. The monoisotopic (exact) mass is 460 g/mol. The van der Waals surface area contributed by atoms with E-state index in [0.717, 1.165) is 17.7 Å². The molecule has 0 aliphatic heterocycles. The van der Waals surface area contributed by atoms with Crippen LogP contribution in [0.15, 0.2) is 65.6 Å². The number of benzene rings is 2. The Morgan fingerprint density at radius 2 is 1.84 bits per heavy atom. The zero-order valence-corrected chi connectivity index (χ0v) is 17.4. The van der Waals surface area contributed by atoms with Gasteiger partial charge >= 0.3 is 6.18 Å². The van der Waals surface area contributed by atoms with Gasteiger partial charge in [0.15, 0.2) is 5.65 Å². The van der Waals surface area contributed by atoms with Crippen LogP contribution in [0.1, 0.15) is 11.1 Å². The third-order valence-electron chi connectivity index (χ3n) is 4.83. The van der Waals surface area contributed by atoms with Crippen molar-refractivity contribution in [3.63, 3.8) is 0 Å². The fraction of sp³-hybridized carbons (Fsp3) is 0.136. The molecule has 0 radical (unpaired) electrons. The summed E-state index contributed by atoms with van der Waals surface area (Å²) in [5, 5.41) is 2.45. The van der Waals surface area contributed by atoms with Crippen LogP contribution in [-0.4, -0.2) is 20.3 Å². The summed E-state index contributed by atoms with van der Waals surface area (Å²) in [7, 11) is 0. The molecule has 0 saturated heterocycles. The Bertz CT molecular complexity index is 1370. The van der Waals surface area contributed by atoms with Crippen LogP contribution in [0.3, 0.4) is 0 Å². The van der Waals surface area contributed by atoms with Crippen LogP contribution in [0.4, 0.5) is 18.9 Å². The van der Waals surface area contributed by atoms with Crippen LogP contribution in [0.2, 0.25) is 5.02 Å². The van der Waals surface area contributed by atoms with Crippen molar-refractivity contribution in [1.29, 1.82) is 0 Å². The number of nitrogens with zero attached hydrogens (tertiary/aromatic N) is 3. The maximum atomic E-state index is 13.4. The molecular weight excluding hydrogens is 445 g/mol. The van der Waals surface area contributed by atoms with E-state index in [2.05, 4.69) is 10.3 Å². The lowest BCUT2D eigenvalue weighted by molar-refractivity contribution is -0.137. The number of hydrogen-bond donors (Lipinski definition) is 1. The second-order valence-electron chi connectivity index (χ2n) is 7.12. The van der Waals surface area contributed by atoms with Crippen LogP contribution in [0.5, 0.6) is 0 Å². The minimum atomic E-state index is -4.71. The molecule has 0 aliphatic carbocycles. The van der Waals surface area contributed by atoms with Gasteiger partial charge in [-0.15, -0.1) is 0 Å². The fourth-order valence-corrected chi connectivity index (χ4v) is 3.53. The lowest BCUT2D eigenvalue weighted by Crippen LogP contribution is -2.27. The first-order chi connectivity index (χ1) is 15.1. The van der Waals surface area contributed by atoms with Crippen molar-refractivity contribution in [1.82, 2.24) is 14.3 Å². The van der Waals surface area contributed by atoms with Gasteiger partial charge in [-0.2, -0.15) is 13.2 Å². The average molecular weight is 461 g/mol. The number of amides is 1. The summed E-state index contributed by atoms with van der Waals surface area (Å²) in [6, 6.07) is 13.3. The SMILES string of the molecule is Cc1ccc(-n2c(=O)c3cccnc3n2CC(=O)Nc2ccc(Cl)cc2C(F)(F)F)cc1. The normalized spacial score (nSPS) is 11.7. The van der Waals surface area contributed by atoms with E-state index in [1.807, 2.05) is 6.92 Å². The van der Waals surface area contributed by atoms with Gasteiger partial charge in [-0.25, -0.2) is 9.67 Å². The largest absolute Gasteiger partial charge is 0.418 e. The van der Waals surface area contributed by atoms with Gasteiger partial charge in [-0.05, 0) is 49.4 Å². The quantitative estimate of drug-likeness (QED) is 0.475. The van der Waals surface area contributed by atoms with Gasteiger partial charge < -0.3 is 5.32 Å². The molecule has 1 N–H and O–H groups in total. The number of aromatic nitrogens is 3. The van der Waals surface area contributed by atoms with Crippen molar-refractivity contribution >= 4 is 34.2 Å². The average Bonchev–Trinajstić information content (AvgIpc) is 3.01. The molecule has 10 heteroatoms. The van der Waals surface area contributed by atoms with Crippen molar-refractivity contribution in [2.45, 2.75) is 19.6 Å². The Kier molecular flexibility index (Phi) is 5.52. The molecule has 2 heterocycles. The minimum absolute atomic E-state index is 0.107. The molecule has 0 atom stereocenters. The van der Waals surface area contributed by atoms with Crippen molar-refractivity contribution in [3.05, 3.63) is 87.3 Å². The van der Waals surface area contributed by atoms with Gasteiger partial charge in [0, 0.05) is 11.2 Å². The standard InChI is InChI=1S/C22H16ClF3N4O2/c1-13-4-7-15(8-5-13)30-21(32)16-3-2-10-27-20(16)29(30)12-19(31)28-18-9-6-14(23)11-17(18)22(24,25)26/h2-11H,12H2,1H3,(H,28,31). The molecule has 0 saturated carbocycles. The summed E-state index contributed by atoms with van der Waals surface area (Å²) >= 11 is 5.69. The molecule has 0 aliphatic rings. The number of carbonyl (C=O) groups is 1. The molecule has 32 heavy (non-hydrogen) atoms. The van der Waals surface area contributed by atoms with Gasteiger partial charge in [0.1, 0.15) is 6.54 Å². The number of pyridine rings is 1. The molecule has 6 nitrogen and oxygen atoms in total. The van der Waals surface area contributed by atoms with Gasteiger partial charge in [-0.3, -0.25) is 14.3 Å². The number of hydrogen-bond acceptors (Lipinski definition) is 3. The van der Waals surface area contributed by atoms with Crippen molar-refractivity contribution < 1.29 is 18.0 Å². The summed E-state index contributed by atoms with van der Waals surface area (Å²) < 4.78 is 42.7. The minimum Gasteiger partial charge on any atom is -0.324 e. The highest BCUT2D eigenvalue weighted by atomic mass is 35.5. The van der Waals surface area contributed by atoms with E-state index in [1.54, 1.807) is 36.4 Å². The molecule has 2 aromatic carbocycles. The molecule has 0 spiro atoms. The number of anilines is 1. The Hall–Kier alpha value is -3.59. The Morgan fingerprint density at radius 3 is 2.53 bits per heavy atom. The smallest absolute Gasteiger partial charge is 0.324 e. The second-order valence-corrected chi connectivity index (χ2v) is 7.56. The van der Waals surface area contributed by atoms with Gasteiger partial charge in [0.2, 0.25) is 5.91 Å². The maximum Gasteiger partial charge on any atom is 0.418 e. The molecular formula is C22H16ClF3N4O2. The van der Waals surface area contributed by atoms with Crippen LogP contribution >= 0.6 is 11.6 Å². The van der Waals surface area contributed by atoms with E-state index in [1.165, 1.54) is 21.6 Å². The first-order valence-electron chi connectivity index (χ1n) is 9.45. The van der Waals surface area contributed by atoms with E-state index < -0.39 is 35.4 Å². The maximum absolute atomic E-state index is 13.4. The summed E-state index contributed by atoms with van der Waals surface area (Å²) in [5.41, 5.74) is -0.186. The van der Waals surface area contributed by atoms with Gasteiger partial charge in [0.05, 0.1) is 22.3 Å². The predicted molar refractivity (Wildman–Crippen MR) is 115 cm³/mol. The Balaban J connectivity index is 1.76. The van der Waals surface area contributed by atoms with Crippen molar-refractivity contribution in [3.8, 4) is 5.69 Å². The van der Waals surface area contributed by atoms with Crippen LogP contribution in [0.25, 0.3) is 16.7 Å². The molecule has 0 bridgehead atoms.